The average Bonchev–Trinajstić information content (AvgIpc) is 2.54. The number of aromatic nitrogens is 3. The third-order valence-electron chi connectivity index (χ3n) is 2.54. The number of pyridine rings is 1. The van der Waals surface area contributed by atoms with Gasteiger partial charge in [-0.2, -0.15) is 0 Å². The van der Waals surface area contributed by atoms with E-state index in [0.29, 0.717) is 17.5 Å². The van der Waals surface area contributed by atoms with Crippen LogP contribution >= 0.6 is 28.1 Å². The van der Waals surface area contributed by atoms with Crippen molar-refractivity contribution in [3.63, 3.8) is 0 Å². The molecule has 18 heavy (non-hydrogen) atoms. The summed E-state index contributed by atoms with van der Waals surface area (Å²) < 4.78 is 2.93. The van der Waals surface area contributed by atoms with Gasteiger partial charge in [-0.05, 0) is 27.9 Å². The number of thiocarbonyl (C=S) groups is 1. The minimum Gasteiger partial charge on any atom is -0.392 e. The quantitative estimate of drug-likeness (QED) is 0.877. The van der Waals surface area contributed by atoms with Crippen molar-refractivity contribution in [3.05, 3.63) is 22.6 Å². The number of imidazole rings is 1. The maximum absolute atomic E-state index is 5.65. The van der Waals surface area contributed by atoms with Crippen LogP contribution < -0.4 is 5.73 Å². The predicted octanol–water partition coefficient (Wildman–Crippen LogP) is 2.68. The Morgan fingerprint density at radius 3 is 2.89 bits per heavy atom. The second-order valence-electron chi connectivity index (χ2n) is 4.67. The van der Waals surface area contributed by atoms with Crippen LogP contribution in [-0.4, -0.2) is 19.5 Å². The van der Waals surface area contributed by atoms with Crippen molar-refractivity contribution in [1.82, 2.24) is 14.5 Å². The molecule has 2 N–H and O–H groups in total. The highest BCUT2D eigenvalue weighted by Gasteiger charge is 2.13. The summed E-state index contributed by atoms with van der Waals surface area (Å²) in [6.07, 6.45) is 2.65. The van der Waals surface area contributed by atoms with Crippen LogP contribution in [0.2, 0.25) is 0 Å². The van der Waals surface area contributed by atoms with Gasteiger partial charge in [0.2, 0.25) is 0 Å². The van der Waals surface area contributed by atoms with Gasteiger partial charge in [0.25, 0.3) is 0 Å². The van der Waals surface area contributed by atoms with Crippen molar-refractivity contribution in [2.24, 2.45) is 11.7 Å². The highest BCUT2D eigenvalue weighted by atomic mass is 79.9. The summed E-state index contributed by atoms with van der Waals surface area (Å²) in [6.45, 7) is 4.81. The van der Waals surface area contributed by atoms with E-state index in [4.69, 9.17) is 18.0 Å². The normalized spacial score (nSPS) is 11.3. The van der Waals surface area contributed by atoms with Crippen molar-refractivity contribution in [2.45, 2.75) is 26.8 Å². The molecule has 4 nitrogen and oxygen atoms in total. The number of nitrogens with two attached hydrogens (primary N) is 1. The lowest BCUT2D eigenvalue weighted by molar-refractivity contribution is 0.600. The van der Waals surface area contributed by atoms with Gasteiger partial charge < -0.3 is 10.3 Å². The van der Waals surface area contributed by atoms with E-state index in [1.807, 2.05) is 10.6 Å². The first-order chi connectivity index (χ1) is 8.47. The van der Waals surface area contributed by atoms with E-state index in [2.05, 4.69) is 39.7 Å². The van der Waals surface area contributed by atoms with Crippen LogP contribution in [0.3, 0.4) is 0 Å². The zero-order valence-electron chi connectivity index (χ0n) is 10.4. The molecule has 0 amide bonds. The van der Waals surface area contributed by atoms with Crippen LogP contribution in [-0.2, 0) is 13.0 Å². The largest absolute Gasteiger partial charge is 0.392 e. The minimum atomic E-state index is 0.448. The molecule has 0 aromatic carbocycles. The summed E-state index contributed by atoms with van der Waals surface area (Å²) in [6, 6.07) is 1.96. The molecule has 2 aromatic rings. The van der Waals surface area contributed by atoms with E-state index in [-0.39, 0.29) is 0 Å². The van der Waals surface area contributed by atoms with E-state index in [1.54, 1.807) is 6.20 Å². The molecule has 96 valence electrons. The fourth-order valence-corrected chi connectivity index (χ4v) is 2.32. The smallest absolute Gasteiger partial charge is 0.160 e. The number of nitrogens with zero attached hydrogens (tertiary/aromatic N) is 3. The first-order valence-corrected chi connectivity index (χ1v) is 6.96. The van der Waals surface area contributed by atoms with Crippen LogP contribution in [0.25, 0.3) is 11.2 Å². The van der Waals surface area contributed by atoms with Gasteiger partial charge in [0, 0.05) is 17.1 Å². The van der Waals surface area contributed by atoms with E-state index < -0.39 is 0 Å². The van der Waals surface area contributed by atoms with Gasteiger partial charge in [-0.25, -0.2) is 9.97 Å². The van der Waals surface area contributed by atoms with E-state index in [9.17, 15) is 0 Å². The topological polar surface area (TPSA) is 56.7 Å². The van der Waals surface area contributed by atoms with Gasteiger partial charge in [0.1, 0.15) is 11.3 Å². The second kappa shape index (κ2) is 5.32. The molecule has 0 aliphatic heterocycles. The maximum Gasteiger partial charge on any atom is 0.160 e. The Hall–Kier alpha value is -1.01. The third-order valence-corrected chi connectivity index (χ3v) is 3.10. The van der Waals surface area contributed by atoms with Crippen molar-refractivity contribution in [3.8, 4) is 0 Å². The molecule has 0 atom stereocenters. The van der Waals surface area contributed by atoms with Crippen LogP contribution in [0, 0.1) is 5.92 Å². The van der Waals surface area contributed by atoms with Crippen LogP contribution in [0.1, 0.15) is 19.7 Å². The molecule has 0 aliphatic rings. The zero-order valence-corrected chi connectivity index (χ0v) is 12.8. The molecule has 2 rings (SSSR count). The number of fused-ring (bicyclic) bond motifs is 1. The van der Waals surface area contributed by atoms with Crippen molar-refractivity contribution in [1.29, 1.82) is 0 Å². The van der Waals surface area contributed by atoms with E-state index >= 15 is 0 Å². The number of hydrogen-bond acceptors (Lipinski definition) is 3. The third kappa shape index (κ3) is 2.87. The Kier molecular flexibility index (Phi) is 3.97. The van der Waals surface area contributed by atoms with Crippen molar-refractivity contribution < 1.29 is 0 Å². The number of halogens is 1. The monoisotopic (exact) mass is 326 g/mol. The molecule has 0 saturated carbocycles. The number of hydrogen-bond donors (Lipinski definition) is 1. The molecular weight excluding hydrogens is 312 g/mol. The molecule has 0 radical (unpaired) electrons. The van der Waals surface area contributed by atoms with Crippen LogP contribution in [0.15, 0.2) is 16.7 Å². The van der Waals surface area contributed by atoms with Crippen LogP contribution in [0.5, 0.6) is 0 Å². The van der Waals surface area contributed by atoms with Crippen molar-refractivity contribution >= 4 is 44.3 Å². The summed E-state index contributed by atoms with van der Waals surface area (Å²) in [5.41, 5.74) is 7.36. The lowest BCUT2D eigenvalue weighted by Gasteiger charge is -2.08. The van der Waals surface area contributed by atoms with Gasteiger partial charge in [-0.15, -0.1) is 0 Å². The fourth-order valence-electron chi connectivity index (χ4n) is 1.88. The van der Waals surface area contributed by atoms with E-state index in [0.717, 1.165) is 27.9 Å². The fraction of sp³-hybridized carbons (Fsp3) is 0.417. The minimum absolute atomic E-state index is 0.448. The maximum atomic E-state index is 5.65. The first kappa shape index (κ1) is 13.4. The Labute approximate surface area is 120 Å². The molecule has 0 aliphatic carbocycles. The SMILES string of the molecule is CC(C)Cc1nc2cc(Br)cnc2n1CC(N)=S. The molecule has 6 heteroatoms. The van der Waals surface area contributed by atoms with E-state index in [1.165, 1.54) is 0 Å². The lowest BCUT2D eigenvalue weighted by Crippen LogP contribution is -2.19. The molecule has 0 unspecified atom stereocenters. The molecule has 2 aromatic heterocycles. The summed E-state index contributed by atoms with van der Waals surface area (Å²) in [5.74, 6) is 1.51. The predicted molar refractivity (Wildman–Crippen MR) is 80.6 cm³/mol. The molecule has 0 saturated heterocycles. The Morgan fingerprint density at radius 1 is 1.56 bits per heavy atom. The summed E-state index contributed by atoms with van der Waals surface area (Å²) in [5, 5.41) is 0. The van der Waals surface area contributed by atoms with Gasteiger partial charge in [-0.1, -0.05) is 26.1 Å². The Bertz CT molecular complexity index is 591. The van der Waals surface area contributed by atoms with Crippen molar-refractivity contribution in [2.75, 3.05) is 0 Å². The highest BCUT2D eigenvalue weighted by Crippen LogP contribution is 2.20. The molecule has 0 bridgehead atoms. The van der Waals surface area contributed by atoms with Crippen LogP contribution in [0.4, 0.5) is 0 Å². The van der Waals surface area contributed by atoms with Gasteiger partial charge in [0.15, 0.2) is 5.65 Å². The molecular formula is C12H15BrN4S. The molecule has 2 heterocycles. The second-order valence-corrected chi connectivity index (χ2v) is 6.11. The van der Waals surface area contributed by atoms with Gasteiger partial charge >= 0.3 is 0 Å². The Balaban J connectivity index is 2.56. The standard InChI is InChI=1S/C12H15BrN4S/c1-7(2)3-11-16-9-4-8(13)5-15-12(9)17(11)6-10(14)18/h4-5,7H,3,6H2,1-2H3,(H2,14,18). The highest BCUT2D eigenvalue weighted by molar-refractivity contribution is 9.10. The van der Waals surface area contributed by atoms with Gasteiger partial charge in [0.05, 0.1) is 11.5 Å². The summed E-state index contributed by atoms with van der Waals surface area (Å²) in [4.78, 5) is 9.47. The van der Waals surface area contributed by atoms with Gasteiger partial charge in [-0.3, -0.25) is 0 Å². The molecule has 0 spiro atoms. The molecule has 0 fully saturated rings. The first-order valence-electron chi connectivity index (χ1n) is 5.76. The lowest BCUT2D eigenvalue weighted by atomic mass is 10.1. The average molecular weight is 327 g/mol. The summed E-state index contributed by atoms with van der Waals surface area (Å²) >= 11 is 8.40. The summed E-state index contributed by atoms with van der Waals surface area (Å²) in [7, 11) is 0. The zero-order chi connectivity index (χ0) is 13.3. The Morgan fingerprint density at radius 2 is 2.28 bits per heavy atom. The number of rotatable bonds is 4.